The highest BCUT2D eigenvalue weighted by Gasteiger charge is 2.35. The van der Waals surface area contributed by atoms with E-state index in [2.05, 4.69) is 27.3 Å². The van der Waals surface area contributed by atoms with Gasteiger partial charge in [0, 0.05) is 36.2 Å². The summed E-state index contributed by atoms with van der Waals surface area (Å²) >= 11 is 6.26. The Hall–Kier alpha value is -0.870. The first-order valence-corrected chi connectivity index (χ1v) is 7.64. The van der Waals surface area contributed by atoms with E-state index < -0.39 is 0 Å². The van der Waals surface area contributed by atoms with Gasteiger partial charge >= 0.3 is 0 Å². The maximum atomic E-state index is 6.26. The van der Waals surface area contributed by atoms with Gasteiger partial charge in [-0.2, -0.15) is 0 Å². The number of aromatic nitrogens is 1. The van der Waals surface area contributed by atoms with Crippen LogP contribution in [0.1, 0.15) is 5.56 Å². The molecule has 21 heavy (non-hydrogen) atoms. The number of benzene rings is 1. The van der Waals surface area contributed by atoms with Gasteiger partial charge in [0.25, 0.3) is 0 Å². The Morgan fingerprint density at radius 2 is 1.95 bits per heavy atom. The van der Waals surface area contributed by atoms with Gasteiger partial charge in [0.2, 0.25) is 0 Å². The molecule has 2 aromatic rings. The molecule has 4 rings (SSSR count). The molecule has 2 fully saturated rings. The molecule has 0 saturated carbocycles. The van der Waals surface area contributed by atoms with Crippen LogP contribution < -0.4 is 5.32 Å². The molecule has 0 unspecified atom stereocenters. The average molecular weight is 324 g/mol. The second-order valence-electron chi connectivity index (χ2n) is 5.98. The Kier molecular flexibility index (Phi) is 4.36. The lowest BCUT2D eigenvalue weighted by molar-refractivity contribution is 0.306. The molecular formula is C16H19Cl2N3. The van der Waals surface area contributed by atoms with Crippen LogP contribution in [0.5, 0.6) is 0 Å². The summed E-state index contributed by atoms with van der Waals surface area (Å²) in [6, 6.07) is 8.13. The Morgan fingerprint density at radius 3 is 2.71 bits per heavy atom. The van der Waals surface area contributed by atoms with Crippen molar-refractivity contribution in [1.82, 2.24) is 15.2 Å². The van der Waals surface area contributed by atoms with E-state index in [1.165, 1.54) is 31.7 Å². The lowest BCUT2D eigenvalue weighted by Crippen LogP contribution is -2.25. The lowest BCUT2D eigenvalue weighted by Gasteiger charge is -2.18. The summed E-state index contributed by atoms with van der Waals surface area (Å²) < 4.78 is 0. The summed E-state index contributed by atoms with van der Waals surface area (Å²) in [6.45, 7) is 5.75. The Bertz CT molecular complexity index is 634. The summed E-state index contributed by atoms with van der Waals surface area (Å²) in [7, 11) is 0. The van der Waals surface area contributed by atoms with Crippen LogP contribution in [0.4, 0.5) is 0 Å². The van der Waals surface area contributed by atoms with Crippen molar-refractivity contribution < 1.29 is 0 Å². The zero-order valence-corrected chi connectivity index (χ0v) is 13.3. The first kappa shape index (κ1) is 15.0. The Labute approximate surface area is 136 Å². The molecule has 0 aliphatic carbocycles. The maximum Gasteiger partial charge on any atom is 0.0761 e. The molecule has 3 heterocycles. The number of likely N-dealkylation sites (tertiary alicyclic amines) is 1. The van der Waals surface area contributed by atoms with Crippen molar-refractivity contribution in [3.63, 3.8) is 0 Å². The van der Waals surface area contributed by atoms with Gasteiger partial charge in [-0.3, -0.25) is 9.88 Å². The molecule has 0 amide bonds. The zero-order valence-electron chi connectivity index (χ0n) is 11.8. The molecule has 112 valence electrons. The minimum atomic E-state index is 0. The average Bonchev–Trinajstić information content (AvgIpc) is 3.03. The van der Waals surface area contributed by atoms with E-state index in [-0.39, 0.29) is 12.4 Å². The van der Waals surface area contributed by atoms with Crippen LogP contribution in [-0.4, -0.2) is 36.1 Å². The normalized spacial score (nSPS) is 25.0. The van der Waals surface area contributed by atoms with Gasteiger partial charge in [-0.15, -0.1) is 12.4 Å². The molecule has 0 bridgehead atoms. The van der Waals surface area contributed by atoms with Crippen molar-refractivity contribution >= 4 is 34.9 Å². The summed E-state index contributed by atoms with van der Waals surface area (Å²) in [6.07, 6.45) is 1.85. The Balaban J connectivity index is 0.00000132. The minimum absolute atomic E-state index is 0. The number of nitrogens with zero attached hydrogens (tertiary/aromatic N) is 2. The van der Waals surface area contributed by atoms with Crippen molar-refractivity contribution in [2.45, 2.75) is 6.54 Å². The largest absolute Gasteiger partial charge is 0.316 e. The van der Waals surface area contributed by atoms with Crippen molar-refractivity contribution in [3.05, 3.63) is 41.0 Å². The molecule has 3 nitrogen and oxygen atoms in total. The van der Waals surface area contributed by atoms with E-state index in [1.807, 2.05) is 18.3 Å². The van der Waals surface area contributed by atoms with Crippen molar-refractivity contribution in [1.29, 1.82) is 0 Å². The highest BCUT2D eigenvalue weighted by atomic mass is 35.5. The van der Waals surface area contributed by atoms with Crippen LogP contribution >= 0.6 is 24.0 Å². The van der Waals surface area contributed by atoms with E-state index >= 15 is 0 Å². The number of rotatable bonds is 2. The topological polar surface area (TPSA) is 28.2 Å². The second kappa shape index (κ2) is 6.09. The van der Waals surface area contributed by atoms with Crippen LogP contribution in [0.15, 0.2) is 30.5 Å². The van der Waals surface area contributed by atoms with Gasteiger partial charge in [0.05, 0.1) is 5.52 Å². The molecule has 2 atom stereocenters. The fourth-order valence-electron chi connectivity index (χ4n) is 3.65. The minimum Gasteiger partial charge on any atom is -0.316 e. The van der Waals surface area contributed by atoms with Crippen LogP contribution in [0.3, 0.4) is 0 Å². The first-order chi connectivity index (χ1) is 9.81. The SMILES string of the molecule is Cl.Clc1ccc(CN2C[C@H]3CNC[C@H]3C2)c2ncccc12. The monoisotopic (exact) mass is 323 g/mol. The van der Waals surface area contributed by atoms with Gasteiger partial charge in [0.1, 0.15) is 0 Å². The predicted molar refractivity (Wildman–Crippen MR) is 89.1 cm³/mol. The van der Waals surface area contributed by atoms with Gasteiger partial charge in [-0.1, -0.05) is 17.7 Å². The molecule has 1 aromatic heterocycles. The molecule has 0 spiro atoms. The van der Waals surface area contributed by atoms with Crippen LogP contribution in [-0.2, 0) is 6.54 Å². The number of hydrogen-bond donors (Lipinski definition) is 1. The third-order valence-corrected chi connectivity index (χ3v) is 4.99. The molecule has 2 aliphatic heterocycles. The summed E-state index contributed by atoms with van der Waals surface area (Å²) in [4.78, 5) is 7.10. The highest BCUT2D eigenvalue weighted by Crippen LogP contribution is 2.30. The van der Waals surface area contributed by atoms with Gasteiger partial charge in [-0.25, -0.2) is 0 Å². The zero-order chi connectivity index (χ0) is 13.5. The van der Waals surface area contributed by atoms with Crippen molar-refractivity contribution in [2.75, 3.05) is 26.2 Å². The number of pyridine rings is 1. The van der Waals surface area contributed by atoms with E-state index in [9.17, 15) is 0 Å². The number of nitrogens with one attached hydrogen (secondary N) is 1. The van der Waals surface area contributed by atoms with Crippen LogP contribution in [0, 0.1) is 11.8 Å². The van der Waals surface area contributed by atoms with Crippen molar-refractivity contribution in [2.24, 2.45) is 11.8 Å². The van der Waals surface area contributed by atoms with E-state index in [0.29, 0.717) is 0 Å². The number of halogens is 2. The highest BCUT2D eigenvalue weighted by molar-refractivity contribution is 6.35. The molecule has 1 aromatic carbocycles. The number of hydrogen-bond acceptors (Lipinski definition) is 3. The Morgan fingerprint density at radius 1 is 1.19 bits per heavy atom. The van der Waals surface area contributed by atoms with Gasteiger partial charge in [0.15, 0.2) is 0 Å². The van der Waals surface area contributed by atoms with Crippen LogP contribution in [0.25, 0.3) is 10.9 Å². The third-order valence-electron chi connectivity index (χ3n) is 4.66. The smallest absolute Gasteiger partial charge is 0.0761 e. The number of fused-ring (bicyclic) bond motifs is 2. The van der Waals surface area contributed by atoms with Gasteiger partial charge in [-0.05, 0) is 48.7 Å². The third kappa shape index (κ3) is 2.76. The van der Waals surface area contributed by atoms with E-state index in [4.69, 9.17) is 11.6 Å². The van der Waals surface area contributed by atoms with E-state index in [0.717, 1.165) is 34.3 Å². The second-order valence-corrected chi connectivity index (χ2v) is 6.39. The predicted octanol–water partition coefficient (Wildman–Crippen LogP) is 2.96. The summed E-state index contributed by atoms with van der Waals surface area (Å²) in [5, 5.41) is 5.34. The summed E-state index contributed by atoms with van der Waals surface area (Å²) in [5.41, 5.74) is 2.34. The first-order valence-electron chi connectivity index (χ1n) is 7.26. The molecule has 0 radical (unpaired) electrons. The molecular weight excluding hydrogens is 305 g/mol. The fourth-order valence-corrected chi connectivity index (χ4v) is 3.86. The molecule has 2 aliphatic rings. The maximum absolute atomic E-state index is 6.26. The fraction of sp³-hybridized carbons (Fsp3) is 0.438. The molecule has 1 N–H and O–H groups in total. The van der Waals surface area contributed by atoms with Crippen molar-refractivity contribution in [3.8, 4) is 0 Å². The van der Waals surface area contributed by atoms with Gasteiger partial charge < -0.3 is 5.32 Å². The summed E-state index contributed by atoms with van der Waals surface area (Å²) in [5.74, 6) is 1.67. The van der Waals surface area contributed by atoms with E-state index in [1.54, 1.807) is 0 Å². The van der Waals surface area contributed by atoms with Crippen LogP contribution in [0.2, 0.25) is 5.02 Å². The molecule has 2 saturated heterocycles. The quantitative estimate of drug-likeness (QED) is 0.921. The standard InChI is InChI=1S/C16H18ClN3.ClH/c17-15-4-3-11(16-14(15)2-1-5-19-16)8-20-9-12-6-18-7-13(12)10-20;/h1-5,12-13,18H,6-10H2;1H/t12-,13+;. The lowest BCUT2D eigenvalue weighted by atomic mass is 10.0. The molecule has 5 heteroatoms.